The molecule has 0 saturated carbocycles. The summed E-state index contributed by atoms with van der Waals surface area (Å²) in [4.78, 5) is 16.1. The summed E-state index contributed by atoms with van der Waals surface area (Å²) in [6.45, 7) is 3.78. The van der Waals surface area contributed by atoms with Crippen LogP contribution in [0.4, 0.5) is 21.7 Å². The van der Waals surface area contributed by atoms with Crippen LogP contribution in [0.25, 0.3) is 10.9 Å². The molecule has 1 amide bonds. The van der Waals surface area contributed by atoms with Crippen molar-refractivity contribution in [2.24, 2.45) is 18.5 Å². The van der Waals surface area contributed by atoms with Gasteiger partial charge in [-0.05, 0) is 31.5 Å². The number of nitrogens with two attached hydrogens (primary N) is 2. The Bertz CT molecular complexity index is 1010. The van der Waals surface area contributed by atoms with Crippen molar-refractivity contribution in [1.82, 2.24) is 14.8 Å². The first-order valence-corrected chi connectivity index (χ1v) is 9.02. The third kappa shape index (κ3) is 3.74. The Hall–Kier alpha value is -3.20. The zero-order valence-electron chi connectivity index (χ0n) is 16.0. The Morgan fingerprint density at radius 2 is 2.11 bits per heavy atom. The van der Waals surface area contributed by atoms with Crippen molar-refractivity contribution in [3.63, 3.8) is 0 Å². The number of nitrogens with zero attached hydrogens (tertiary/aromatic N) is 3. The summed E-state index contributed by atoms with van der Waals surface area (Å²) in [6, 6.07) is 6.30. The van der Waals surface area contributed by atoms with Crippen LogP contribution in [-0.2, 0) is 7.05 Å². The normalized spacial score (nSPS) is 13.3. The lowest BCUT2D eigenvalue weighted by atomic mass is 10.1. The van der Waals surface area contributed by atoms with Gasteiger partial charge in [0, 0.05) is 24.5 Å². The average Bonchev–Trinajstić information content (AvgIpc) is 3.03. The number of carbonyl (C=O) groups excluding carboxylic acids is 1. The fraction of sp³-hybridized carbons (Fsp3) is 0.316. The Labute approximate surface area is 162 Å². The highest BCUT2D eigenvalue weighted by Crippen LogP contribution is 2.29. The fourth-order valence-electron chi connectivity index (χ4n) is 3.07. The monoisotopic (exact) mass is 385 g/mol. The summed E-state index contributed by atoms with van der Waals surface area (Å²) in [5.41, 5.74) is 12.9. The van der Waals surface area contributed by atoms with Gasteiger partial charge in [-0.25, -0.2) is 9.37 Å². The van der Waals surface area contributed by atoms with Gasteiger partial charge in [-0.1, -0.05) is 13.0 Å². The van der Waals surface area contributed by atoms with Crippen LogP contribution in [-0.4, -0.2) is 32.8 Å². The van der Waals surface area contributed by atoms with Crippen molar-refractivity contribution in [2.75, 3.05) is 10.6 Å². The van der Waals surface area contributed by atoms with Crippen molar-refractivity contribution >= 4 is 34.1 Å². The lowest BCUT2D eigenvalue weighted by Gasteiger charge is -2.22. The van der Waals surface area contributed by atoms with E-state index in [0.717, 1.165) is 17.0 Å². The molecule has 8 nitrogen and oxygen atoms in total. The zero-order chi connectivity index (χ0) is 20.4. The Morgan fingerprint density at radius 3 is 2.75 bits per heavy atom. The molecule has 3 rings (SSSR count). The van der Waals surface area contributed by atoms with Crippen LogP contribution in [0, 0.1) is 5.82 Å². The molecule has 0 saturated heterocycles. The number of hydrogen-bond acceptors (Lipinski definition) is 6. The number of aryl methyl sites for hydroxylation is 1. The van der Waals surface area contributed by atoms with Crippen LogP contribution in [0.3, 0.4) is 0 Å². The van der Waals surface area contributed by atoms with Crippen molar-refractivity contribution in [3.8, 4) is 0 Å². The third-order valence-corrected chi connectivity index (χ3v) is 4.68. The summed E-state index contributed by atoms with van der Waals surface area (Å²) < 4.78 is 16.3. The van der Waals surface area contributed by atoms with E-state index in [-0.39, 0.29) is 29.3 Å². The van der Waals surface area contributed by atoms with E-state index in [2.05, 4.69) is 20.7 Å². The van der Waals surface area contributed by atoms with Crippen LogP contribution in [0.5, 0.6) is 0 Å². The molecule has 2 aromatic heterocycles. The van der Waals surface area contributed by atoms with Gasteiger partial charge in [0.15, 0.2) is 11.6 Å². The second-order valence-electron chi connectivity index (χ2n) is 6.73. The number of halogens is 1. The minimum absolute atomic E-state index is 0.00927. The lowest BCUT2D eigenvalue weighted by Crippen LogP contribution is -2.38. The number of fused-ring (bicyclic) bond motifs is 1. The molecule has 0 bridgehead atoms. The van der Waals surface area contributed by atoms with Crippen LogP contribution in [0.2, 0.25) is 0 Å². The molecular formula is C19H24FN7O. The molecule has 0 aliphatic heterocycles. The zero-order valence-corrected chi connectivity index (χ0v) is 16.0. The molecule has 2 atom stereocenters. The predicted molar refractivity (Wildman–Crippen MR) is 108 cm³/mol. The number of amides is 1. The van der Waals surface area contributed by atoms with E-state index in [4.69, 9.17) is 11.5 Å². The topological polar surface area (TPSA) is 124 Å². The highest BCUT2D eigenvalue weighted by atomic mass is 19.1. The number of anilines is 3. The maximum absolute atomic E-state index is 14.5. The van der Waals surface area contributed by atoms with Crippen LogP contribution >= 0.6 is 0 Å². The Kier molecular flexibility index (Phi) is 5.46. The van der Waals surface area contributed by atoms with Gasteiger partial charge in [-0.3, -0.25) is 9.48 Å². The van der Waals surface area contributed by atoms with Gasteiger partial charge in [0.2, 0.25) is 0 Å². The second-order valence-corrected chi connectivity index (χ2v) is 6.73. The van der Waals surface area contributed by atoms with Crippen molar-refractivity contribution in [2.45, 2.75) is 32.4 Å². The molecule has 0 fully saturated rings. The van der Waals surface area contributed by atoms with E-state index in [1.807, 2.05) is 39.1 Å². The number of pyridine rings is 1. The van der Waals surface area contributed by atoms with Crippen LogP contribution in [0.15, 0.2) is 30.5 Å². The van der Waals surface area contributed by atoms with Gasteiger partial charge >= 0.3 is 0 Å². The number of carbonyl (C=O) groups is 1. The standard InChI is InChI=1S/C19H24FN7O/c1-4-14(10(2)21)24-19-13(20)8-11(17(22)28)18(26-19)25-15-6-5-7-16-12(15)9-23-27(16)3/h5-10,14H,4,21H2,1-3H3,(H2,22,28)(H2,24,25,26)/t10-,14+/m0/s1. The van der Waals surface area contributed by atoms with E-state index in [9.17, 15) is 9.18 Å². The van der Waals surface area contributed by atoms with Crippen molar-refractivity contribution in [1.29, 1.82) is 0 Å². The summed E-state index contributed by atoms with van der Waals surface area (Å²) in [5, 5.41) is 11.2. The number of rotatable bonds is 7. The number of benzene rings is 1. The molecule has 0 radical (unpaired) electrons. The van der Waals surface area contributed by atoms with E-state index >= 15 is 0 Å². The summed E-state index contributed by atoms with van der Waals surface area (Å²) in [7, 11) is 1.83. The smallest absolute Gasteiger partial charge is 0.252 e. The largest absolute Gasteiger partial charge is 0.365 e. The van der Waals surface area contributed by atoms with Gasteiger partial charge in [-0.15, -0.1) is 0 Å². The minimum Gasteiger partial charge on any atom is -0.365 e. The Morgan fingerprint density at radius 1 is 1.36 bits per heavy atom. The summed E-state index contributed by atoms with van der Waals surface area (Å²) in [6.07, 6.45) is 2.39. The number of hydrogen-bond donors (Lipinski definition) is 4. The highest BCUT2D eigenvalue weighted by Gasteiger charge is 2.20. The van der Waals surface area contributed by atoms with E-state index < -0.39 is 11.7 Å². The van der Waals surface area contributed by atoms with Crippen LogP contribution < -0.4 is 22.1 Å². The molecule has 0 aliphatic rings. The molecule has 3 aromatic rings. The number of primary amides is 1. The van der Waals surface area contributed by atoms with E-state index in [0.29, 0.717) is 12.1 Å². The molecule has 6 N–H and O–H groups in total. The number of nitrogens with one attached hydrogen (secondary N) is 2. The molecule has 0 aliphatic carbocycles. The van der Waals surface area contributed by atoms with Gasteiger partial charge in [-0.2, -0.15) is 5.10 Å². The van der Waals surface area contributed by atoms with Crippen molar-refractivity contribution < 1.29 is 9.18 Å². The van der Waals surface area contributed by atoms with E-state index in [1.54, 1.807) is 10.9 Å². The summed E-state index contributed by atoms with van der Waals surface area (Å²) in [5.74, 6) is -1.28. The predicted octanol–water partition coefficient (Wildman–Crippen LogP) is 2.49. The molecule has 2 heterocycles. The first-order valence-electron chi connectivity index (χ1n) is 9.02. The fourth-order valence-corrected chi connectivity index (χ4v) is 3.07. The molecule has 1 aromatic carbocycles. The van der Waals surface area contributed by atoms with Crippen molar-refractivity contribution in [3.05, 3.63) is 41.8 Å². The van der Waals surface area contributed by atoms with Gasteiger partial charge in [0.05, 0.1) is 23.0 Å². The van der Waals surface area contributed by atoms with Gasteiger partial charge < -0.3 is 22.1 Å². The molecular weight excluding hydrogens is 361 g/mol. The average molecular weight is 385 g/mol. The minimum atomic E-state index is -0.780. The number of aromatic nitrogens is 3. The van der Waals surface area contributed by atoms with Crippen LogP contribution in [0.1, 0.15) is 30.6 Å². The molecule has 28 heavy (non-hydrogen) atoms. The maximum Gasteiger partial charge on any atom is 0.252 e. The first kappa shape index (κ1) is 19.6. The summed E-state index contributed by atoms with van der Waals surface area (Å²) >= 11 is 0. The lowest BCUT2D eigenvalue weighted by molar-refractivity contribution is 0.100. The second kappa shape index (κ2) is 7.81. The quantitative estimate of drug-likeness (QED) is 0.495. The van der Waals surface area contributed by atoms with Gasteiger partial charge in [0.25, 0.3) is 5.91 Å². The molecule has 148 valence electrons. The molecule has 9 heteroatoms. The molecule has 0 unspecified atom stereocenters. The Balaban J connectivity index is 2.05. The maximum atomic E-state index is 14.5. The molecule has 0 spiro atoms. The van der Waals surface area contributed by atoms with Gasteiger partial charge in [0.1, 0.15) is 5.82 Å². The first-order chi connectivity index (χ1) is 13.3. The highest BCUT2D eigenvalue weighted by molar-refractivity contribution is 6.00. The SMILES string of the molecule is CC[C@@H](Nc1nc(Nc2cccc3c2cnn3C)c(C(N)=O)cc1F)[C@H](C)N. The van der Waals surface area contributed by atoms with E-state index in [1.165, 1.54) is 0 Å². The third-order valence-electron chi connectivity index (χ3n) is 4.68.